The molecule has 8 aliphatic carbocycles. The highest BCUT2D eigenvalue weighted by atomic mass is 16.2. The lowest BCUT2D eigenvalue weighted by Gasteiger charge is -2.65. The molecule has 8 aliphatic rings. The van der Waals surface area contributed by atoms with E-state index in [1.54, 1.807) is 0 Å². The van der Waals surface area contributed by atoms with Crippen molar-refractivity contribution in [1.82, 2.24) is 0 Å². The van der Waals surface area contributed by atoms with Gasteiger partial charge in [0.25, 0.3) is 0 Å². The van der Waals surface area contributed by atoms with Crippen molar-refractivity contribution in [3.05, 3.63) is 24.3 Å². The molecule has 7 saturated carbocycles. The van der Waals surface area contributed by atoms with Crippen molar-refractivity contribution in [1.29, 1.82) is 0 Å². The minimum absolute atomic E-state index is 0.188. The highest BCUT2D eigenvalue weighted by Crippen LogP contribution is 3.02. The van der Waals surface area contributed by atoms with Crippen molar-refractivity contribution in [2.45, 2.75) is 25.7 Å². The fraction of sp³-hybridized carbons (Fsp3) is 0.700. The topological polar surface area (TPSA) is 34.1 Å². The van der Waals surface area contributed by atoms with Crippen LogP contribution in [0.4, 0.5) is 0 Å². The highest BCUT2D eigenvalue weighted by Gasteiger charge is 3.06. The maximum Gasteiger partial charge on any atom is 0.152 e. The molecule has 4 bridgehead atoms. The van der Waals surface area contributed by atoms with Gasteiger partial charge in [0, 0.05) is 10.8 Å². The van der Waals surface area contributed by atoms with Crippen LogP contribution in [0.25, 0.3) is 0 Å². The van der Waals surface area contributed by atoms with E-state index >= 15 is 0 Å². The normalized spacial score (nSPS) is 75.1. The molecule has 110 valence electrons. The minimum atomic E-state index is -0.408. The molecular formula is C20H18O2. The maximum absolute atomic E-state index is 13.9. The minimum Gasteiger partial charge on any atom is -0.298 e. The Balaban J connectivity index is 1.62. The van der Waals surface area contributed by atoms with Crippen LogP contribution in [0.1, 0.15) is 25.7 Å². The van der Waals surface area contributed by atoms with Crippen LogP contribution in [0, 0.1) is 57.2 Å². The molecule has 7 fully saturated rings. The van der Waals surface area contributed by atoms with E-state index in [4.69, 9.17) is 0 Å². The molecule has 0 heterocycles. The van der Waals surface area contributed by atoms with Crippen LogP contribution < -0.4 is 0 Å². The molecule has 0 radical (unpaired) electrons. The van der Waals surface area contributed by atoms with E-state index in [1.165, 1.54) is 19.3 Å². The van der Waals surface area contributed by atoms with E-state index in [0.29, 0.717) is 47.1 Å². The molecule has 0 N–H and O–H groups in total. The Kier molecular flexibility index (Phi) is 1.12. The number of hydrogen-bond donors (Lipinski definition) is 0. The zero-order valence-corrected chi connectivity index (χ0v) is 12.4. The summed E-state index contributed by atoms with van der Waals surface area (Å²) >= 11 is 0. The summed E-state index contributed by atoms with van der Waals surface area (Å²) in [6, 6.07) is 0. The van der Waals surface area contributed by atoms with Crippen molar-refractivity contribution in [2.24, 2.45) is 57.2 Å². The first-order chi connectivity index (χ1) is 10.7. The monoisotopic (exact) mass is 290 g/mol. The van der Waals surface area contributed by atoms with Gasteiger partial charge in [-0.1, -0.05) is 24.3 Å². The summed E-state index contributed by atoms with van der Waals surface area (Å²) in [7, 11) is 0. The number of Topliss-reactive ketones (excluding diaryl/α,β-unsaturated/α-hetero) is 2. The van der Waals surface area contributed by atoms with Crippen LogP contribution in [0.15, 0.2) is 24.3 Å². The van der Waals surface area contributed by atoms with Crippen LogP contribution in [0.3, 0.4) is 0 Å². The van der Waals surface area contributed by atoms with Crippen molar-refractivity contribution in [3.8, 4) is 0 Å². The summed E-state index contributed by atoms with van der Waals surface area (Å²) in [4.78, 5) is 27.9. The summed E-state index contributed by atoms with van der Waals surface area (Å²) in [5.74, 6) is 4.33. The van der Waals surface area contributed by atoms with Gasteiger partial charge in [-0.2, -0.15) is 0 Å². The van der Waals surface area contributed by atoms with E-state index in [0.717, 1.165) is 6.42 Å². The van der Waals surface area contributed by atoms with Gasteiger partial charge in [-0.25, -0.2) is 0 Å². The van der Waals surface area contributed by atoms with Crippen LogP contribution in [0.2, 0.25) is 0 Å². The number of allylic oxidation sites excluding steroid dienone is 4. The molecule has 2 nitrogen and oxygen atoms in total. The molecule has 0 saturated heterocycles. The second kappa shape index (κ2) is 2.34. The predicted molar refractivity (Wildman–Crippen MR) is 77.4 cm³/mol. The van der Waals surface area contributed by atoms with Gasteiger partial charge in [0.15, 0.2) is 11.6 Å². The first-order valence-corrected chi connectivity index (χ1v) is 9.17. The predicted octanol–water partition coefficient (Wildman–Crippen LogP) is 2.55. The van der Waals surface area contributed by atoms with Gasteiger partial charge in [0.05, 0.1) is 10.8 Å². The third-order valence-corrected chi connectivity index (χ3v) is 10.4. The third-order valence-electron chi connectivity index (χ3n) is 10.4. The Labute approximate surface area is 129 Å². The Morgan fingerprint density at radius 1 is 0.773 bits per heavy atom. The van der Waals surface area contributed by atoms with Crippen LogP contribution in [-0.2, 0) is 9.59 Å². The van der Waals surface area contributed by atoms with Crippen LogP contribution >= 0.6 is 0 Å². The number of rotatable bonds is 0. The molecule has 0 aromatic carbocycles. The van der Waals surface area contributed by atoms with E-state index in [1.807, 2.05) is 0 Å². The number of ketones is 2. The molecular weight excluding hydrogens is 272 g/mol. The zero-order valence-electron chi connectivity index (χ0n) is 12.4. The molecule has 0 unspecified atom stereocenters. The molecule has 0 aromatic heterocycles. The number of hydrogen-bond acceptors (Lipinski definition) is 2. The summed E-state index contributed by atoms with van der Waals surface area (Å²) in [5.41, 5.74) is -1.19. The van der Waals surface area contributed by atoms with Crippen molar-refractivity contribution >= 4 is 11.6 Å². The second-order valence-electron chi connectivity index (χ2n) is 9.56. The zero-order chi connectivity index (χ0) is 14.3. The van der Waals surface area contributed by atoms with Gasteiger partial charge in [0.2, 0.25) is 0 Å². The lowest BCUT2D eigenvalue weighted by atomic mass is 9.35. The van der Waals surface area contributed by atoms with E-state index in [2.05, 4.69) is 24.3 Å². The van der Waals surface area contributed by atoms with E-state index in [-0.39, 0.29) is 10.8 Å². The fourth-order valence-electron chi connectivity index (χ4n) is 10.8. The smallest absolute Gasteiger partial charge is 0.152 e. The summed E-state index contributed by atoms with van der Waals surface area (Å²) in [6.45, 7) is 0. The first kappa shape index (κ1) is 10.6. The third kappa shape index (κ3) is 0.487. The Bertz CT molecular complexity index is 756. The summed E-state index contributed by atoms with van der Waals surface area (Å²) < 4.78 is 0. The lowest BCUT2D eigenvalue weighted by Crippen LogP contribution is -2.72. The van der Waals surface area contributed by atoms with Crippen molar-refractivity contribution in [3.63, 3.8) is 0 Å². The summed E-state index contributed by atoms with van der Waals surface area (Å²) in [5, 5.41) is 0. The van der Waals surface area contributed by atoms with Gasteiger partial charge in [0.1, 0.15) is 0 Å². The molecule has 10 atom stereocenters. The Morgan fingerprint density at radius 3 is 1.77 bits per heavy atom. The highest BCUT2D eigenvalue weighted by molar-refractivity contribution is 6.18. The molecule has 22 heavy (non-hydrogen) atoms. The average molecular weight is 290 g/mol. The van der Waals surface area contributed by atoms with Gasteiger partial charge in [-0.05, 0) is 61.2 Å². The molecule has 2 heteroatoms. The number of carbonyl (C=O) groups is 2. The molecule has 0 aromatic rings. The summed E-state index contributed by atoms with van der Waals surface area (Å²) in [6.07, 6.45) is 13.3. The van der Waals surface area contributed by atoms with Gasteiger partial charge in [-0.3, -0.25) is 9.59 Å². The Morgan fingerprint density at radius 2 is 1.27 bits per heavy atom. The molecule has 0 aliphatic heterocycles. The molecule has 8 rings (SSSR count). The van der Waals surface area contributed by atoms with Crippen LogP contribution in [-0.4, -0.2) is 11.6 Å². The van der Waals surface area contributed by atoms with E-state index in [9.17, 15) is 9.59 Å². The average Bonchev–Trinajstić information content (AvgIpc) is 3.24. The van der Waals surface area contributed by atoms with Gasteiger partial charge in [-0.15, -0.1) is 0 Å². The number of carbonyl (C=O) groups excluding carboxylic acids is 2. The van der Waals surface area contributed by atoms with Gasteiger partial charge < -0.3 is 0 Å². The largest absolute Gasteiger partial charge is 0.298 e. The van der Waals surface area contributed by atoms with Crippen molar-refractivity contribution < 1.29 is 9.59 Å². The van der Waals surface area contributed by atoms with E-state index < -0.39 is 10.8 Å². The quantitative estimate of drug-likeness (QED) is 0.687. The lowest BCUT2D eigenvalue weighted by molar-refractivity contribution is -0.207. The SMILES string of the molecule is O=C1[C@@]23[C@H]4CC[C@H](C4)[C@@]24C(=O)[C@@]25C=CC=C[C@@]12[C@@H]1C[C@H]5[C@H]4[C@@H]13. The molecule has 4 spiro atoms. The Hall–Kier alpha value is -1.18. The number of fused-ring (bicyclic) bond motifs is 2. The fourth-order valence-corrected chi connectivity index (χ4v) is 10.8. The van der Waals surface area contributed by atoms with Crippen molar-refractivity contribution in [2.75, 3.05) is 0 Å². The van der Waals surface area contributed by atoms with Gasteiger partial charge >= 0.3 is 0 Å². The standard InChI is InChI=1S/C20H18O2/c21-15-17-5-1-2-6-18(17)12-8-11(17)13-14(12)20(16(18)22)10-4-3-9(7-10)19(13,15)20/h1-2,5-6,9-14H,3-4,7-8H2/t9-,10+,11+,12-,13+,14-,17+,18-,19-,20+. The first-order valence-electron chi connectivity index (χ1n) is 9.17. The maximum atomic E-state index is 13.9. The van der Waals surface area contributed by atoms with Crippen LogP contribution in [0.5, 0.6) is 0 Å². The second-order valence-corrected chi connectivity index (χ2v) is 9.56. The molecule has 0 amide bonds.